The van der Waals surface area contributed by atoms with Gasteiger partial charge < -0.3 is 14.8 Å². The minimum atomic E-state index is -0.759. The van der Waals surface area contributed by atoms with Crippen molar-refractivity contribution in [2.75, 3.05) is 12.4 Å². The Bertz CT molecular complexity index is 1240. The summed E-state index contributed by atoms with van der Waals surface area (Å²) < 4.78 is 10.8. The minimum absolute atomic E-state index is 0.0353. The van der Waals surface area contributed by atoms with E-state index in [1.165, 1.54) is 31.4 Å². The third-order valence-corrected chi connectivity index (χ3v) is 4.86. The van der Waals surface area contributed by atoms with Crippen molar-refractivity contribution in [2.24, 2.45) is 0 Å². The lowest BCUT2D eigenvalue weighted by Gasteiger charge is -2.09. The molecule has 0 saturated heterocycles. The van der Waals surface area contributed by atoms with Gasteiger partial charge in [-0.3, -0.25) is 14.9 Å². The number of anilines is 1. The van der Waals surface area contributed by atoms with Crippen LogP contribution in [0.4, 0.5) is 11.4 Å². The van der Waals surface area contributed by atoms with Gasteiger partial charge in [-0.05, 0) is 54.0 Å². The normalized spacial score (nSPS) is 10.8. The van der Waals surface area contributed by atoms with Crippen molar-refractivity contribution in [3.63, 3.8) is 0 Å². The van der Waals surface area contributed by atoms with E-state index in [1.54, 1.807) is 24.3 Å². The van der Waals surface area contributed by atoms with Crippen LogP contribution in [0, 0.1) is 28.4 Å². The van der Waals surface area contributed by atoms with Crippen molar-refractivity contribution < 1.29 is 19.2 Å². The highest BCUT2D eigenvalue weighted by Crippen LogP contribution is 2.29. The van der Waals surface area contributed by atoms with Crippen molar-refractivity contribution >= 4 is 23.4 Å². The number of nitro groups is 1. The van der Waals surface area contributed by atoms with Crippen molar-refractivity contribution in [1.82, 2.24) is 0 Å². The van der Waals surface area contributed by atoms with Gasteiger partial charge in [0.15, 0.2) is 0 Å². The molecule has 0 aliphatic rings. The predicted molar refractivity (Wildman–Crippen MR) is 124 cm³/mol. The second kappa shape index (κ2) is 10.6. The molecule has 0 saturated carbocycles. The van der Waals surface area contributed by atoms with E-state index in [2.05, 4.69) is 5.32 Å². The molecule has 0 bridgehead atoms. The fourth-order valence-electron chi connectivity index (χ4n) is 2.99. The van der Waals surface area contributed by atoms with Gasteiger partial charge in [0.25, 0.3) is 11.6 Å². The molecule has 0 unspecified atom stereocenters. The molecule has 0 aliphatic carbocycles. The summed E-state index contributed by atoms with van der Waals surface area (Å²) in [5.41, 5.74) is 2.25. The highest BCUT2D eigenvalue weighted by atomic mass is 16.6. The first-order valence-electron chi connectivity index (χ1n) is 9.94. The number of amides is 1. The summed E-state index contributed by atoms with van der Waals surface area (Å²) in [5, 5.41) is 23.2. The van der Waals surface area contributed by atoms with Gasteiger partial charge in [-0.2, -0.15) is 5.26 Å². The fourth-order valence-corrected chi connectivity index (χ4v) is 2.99. The largest absolute Gasteiger partial charge is 0.496 e. The van der Waals surface area contributed by atoms with Crippen LogP contribution in [0.5, 0.6) is 11.5 Å². The van der Waals surface area contributed by atoms with E-state index in [4.69, 9.17) is 9.47 Å². The average molecular weight is 443 g/mol. The zero-order chi connectivity index (χ0) is 23.8. The van der Waals surface area contributed by atoms with Crippen LogP contribution >= 0.6 is 0 Å². The van der Waals surface area contributed by atoms with Gasteiger partial charge in [-0.25, -0.2) is 0 Å². The molecule has 0 atom stereocenters. The molecule has 0 aliphatic heterocycles. The van der Waals surface area contributed by atoms with E-state index in [1.807, 2.05) is 37.3 Å². The van der Waals surface area contributed by atoms with Gasteiger partial charge in [-0.15, -0.1) is 0 Å². The van der Waals surface area contributed by atoms with E-state index < -0.39 is 10.8 Å². The number of benzene rings is 3. The smallest absolute Gasteiger partial charge is 0.296 e. The highest BCUT2D eigenvalue weighted by molar-refractivity contribution is 6.10. The lowest BCUT2D eigenvalue weighted by atomic mass is 10.1. The van der Waals surface area contributed by atoms with Crippen molar-refractivity contribution in [3.8, 4) is 17.6 Å². The Hall–Kier alpha value is -4.64. The number of nitrogens with zero attached hydrogens (tertiary/aromatic N) is 2. The van der Waals surface area contributed by atoms with Crippen LogP contribution in [0.1, 0.15) is 16.7 Å². The molecule has 0 fully saturated rings. The second-order valence-electron chi connectivity index (χ2n) is 7.05. The van der Waals surface area contributed by atoms with E-state index >= 15 is 0 Å². The van der Waals surface area contributed by atoms with Crippen LogP contribution in [0.2, 0.25) is 0 Å². The molecule has 0 aromatic heterocycles. The van der Waals surface area contributed by atoms with E-state index in [0.29, 0.717) is 17.9 Å². The Morgan fingerprint density at radius 2 is 1.82 bits per heavy atom. The average Bonchev–Trinajstić information content (AvgIpc) is 2.82. The first kappa shape index (κ1) is 23.0. The number of aryl methyl sites for hydroxylation is 1. The molecule has 3 rings (SSSR count). The Balaban J connectivity index is 1.71. The molecular formula is C25H21N3O5. The van der Waals surface area contributed by atoms with Gasteiger partial charge >= 0.3 is 0 Å². The maximum Gasteiger partial charge on any atom is 0.296 e. The second-order valence-corrected chi connectivity index (χ2v) is 7.05. The first-order chi connectivity index (χ1) is 15.9. The molecule has 0 heterocycles. The zero-order valence-electron chi connectivity index (χ0n) is 18.1. The van der Waals surface area contributed by atoms with Crippen LogP contribution in [-0.2, 0) is 11.4 Å². The molecule has 3 aromatic carbocycles. The standard InChI is InChI=1S/C25H21N3O5/c1-17-5-3-4-6-19(17)16-33-21-9-7-18(8-10-21)13-20(15-26)25(29)27-23-12-11-22(32-2)14-24(23)28(30)31/h3-14H,16H2,1-2H3,(H,27,29)/b20-13+. The maximum atomic E-state index is 12.6. The Kier molecular flexibility index (Phi) is 7.39. The number of rotatable bonds is 8. The zero-order valence-corrected chi connectivity index (χ0v) is 18.1. The molecule has 0 radical (unpaired) electrons. The third-order valence-electron chi connectivity index (χ3n) is 4.86. The van der Waals surface area contributed by atoms with Gasteiger partial charge in [0.1, 0.15) is 35.4 Å². The molecule has 1 N–H and O–H groups in total. The van der Waals surface area contributed by atoms with Gasteiger partial charge in [-0.1, -0.05) is 36.4 Å². The summed E-state index contributed by atoms with van der Waals surface area (Å²) in [7, 11) is 1.38. The molecule has 33 heavy (non-hydrogen) atoms. The summed E-state index contributed by atoms with van der Waals surface area (Å²) in [4.78, 5) is 23.2. The number of hydrogen-bond donors (Lipinski definition) is 1. The Labute approximate surface area is 190 Å². The molecule has 8 heteroatoms. The molecule has 3 aromatic rings. The van der Waals surface area contributed by atoms with Crippen molar-refractivity contribution in [2.45, 2.75) is 13.5 Å². The molecular weight excluding hydrogens is 422 g/mol. The van der Waals surface area contributed by atoms with Crippen LogP contribution in [0.3, 0.4) is 0 Å². The SMILES string of the molecule is COc1ccc(NC(=O)/C(C#N)=C/c2ccc(OCc3ccccc3C)cc2)c([N+](=O)[O-])c1. The monoisotopic (exact) mass is 443 g/mol. The number of hydrogen-bond acceptors (Lipinski definition) is 6. The molecule has 166 valence electrons. The topological polar surface area (TPSA) is 114 Å². The third kappa shape index (κ3) is 5.95. The fraction of sp³-hybridized carbons (Fsp3) is 0.120. The summed E-state index contributed by atoms with van der Waals surface area (Å²) >= 11 is 0. The van der Waals surface area contributed by atoms with Crippen LogP contribution in [0.15, 0.2) is 72.3 Å². The van der Waals surface area contributed by atoms with E-state index in [0.717, 1.165) is 11.1 Å². The number of carbonyl (C=O) groups is 1. The summed E-state index contributed by atoms with van der Waals surface area (Å²) in [6.07, 6.45) is 1.40. The van der Waals surface area contributed by atoms with Gasteiger partial charge in [0.2, 0.25) is 0 Å². The predicted octanol–water partition coefficient (Wildman–Crippen LogP) is 5.04. The number of carbonyl (C=O) groups excluding carboxylic acids is 1. The highest BCUT2D eigenvalue weighted by Gasteiger charge is 2.19. The Morgan fingerprint density at radius 1 is 1.12 bits per heavy atom. The van der Waals surface area contributed by atoms with Gasteiger partial charge in [0.05, 0.1) is 18.1 Å². The van der Waals surface area contributed by atoms with Crippen molar-refractivity contribution in [1.29, 1.82) is 5.26 Å². The van der Waals surface area contributed by atoms with Crippen LogP contribution in [0.25, 0.3) is 6.08 Å². The number of methoxy groups -OCH3 is 1. The lowest BCUT2D eigenvalue weighted by molar-refractivity contribution is -0.384. The quantitative estimate of drug-likeness (QED) is 0.226. The number of ether oxygens (including phenoxy) is 2. The molecule has 1 amide bonds. The van der Waals surface area contributed by atoms with E-state index in [-0.39, 0.29) is 22.7 Å². The minimum Gasteiger partial charge on any atom is -0.496 e. The summed E-state index contributed by atoms with van der Waals surface area (Å²) in [6, 6.07) is 20.7. The summed E-state index contributed by atoms with van der Waals surface area (Å²) in [6.45, 7) is 2.44. The van der Waals surface area contributed by atoms with Crippen molar-refractivity contribution in [3.05, 3.63) is 99.1 Å². The first-order valence-corrected chi connectivity index (χ1v) is 9.94. The molecule has 0 spiro atoms. The number of nitrogens with one attached hydrogen (secondary N) is 1. The maximum absolute atomic E-state index is 12.6. The van der Waals surface area contributed by atoms with Crippen LogP contribution < -0.4 is 14.8 Å². The van der Waals surface area contributed by atoms with E-state index in [9.17, 15) is 20.2 Å². The van der Waals surface area contributed by atoms with Gasteiger partial charge in [0, 0.05) is 0 Å². The number of nitro benzene ring substituents is 1. The number of nitriles is 1. The Morgan fingerprint density at radius 3 is 2.45 bits per heavy atom. The lowest BCUT2D eigenvalue weighted by Crippen LogP contribution is -2.14. The molecule has 8 nitrogen and oxygen atoms in total. The summed E-state index contributed by atoms with van der Waals surface area (Å²) in [5.74, 6) is 0.165. The van der Waals surface area contributed by atoms with Crippen LogP contribution in [-0.4, -0.2) is 17.9 Å².